The van der Waals surface area contributed by atoms with Crippen LogP contribution >= 0.6 is 23.4 Å². The minimum atomic E-state index is 0.0753. The number of hydrogen-bond donors (Lipinski definition) is 0. The van der Waals surface area contributed by atoms with E-state index in [1.807, 2.05) is 48.2 Å². The van der Waals surface area contributed by atoms with Gasteiger partial charge < -0.3 is 9.80 Å². The molecule has 1 aliphatic heterocycles. The maximum absolute atomic E-state index is 13.5. The molecule has 0 bridgehead atoms. The highest BCUT2D eigenvalue weighted by Gasteiger charge is 2.28. The Kier molecular flexibility index (Phi) is 8.81. The molecule has 1 fully saturated rings. The quantitative estimate of drug-likeness (QED) is 0.150. The standard InChI is InChI=1S/C31H32ClN5OS/c1-35(2)28-21-27(32)33-31(34-28)39-22-23-10-9-15-26(20-23)30(38)37-18-16-36(17-19-37)29(24-11-5-3-6-12-24)25-13-7-4-8-14-25/h3-15,20-21,29H,16-19,22H2,1-2H3. The van der Waals surface area contributed by atoms with Crippen LogP contribution in [0.3, 0.4) is 0 Å². The molecule has 2 heterocycles. The molecule has 1 aliphatic rings. The van der Waals surface area contributed by atoms with Crippen LogP contribution in [0, 0.1) is 0 Å². The van der Waals surface area contributed by atoms with Crippen molar-refractivity contribution in [2.24, 2.45) is 0 Å². The molecule has 0 unspecified atom stereocenters. The zero-order valence-electron chi connectivity index (χ0n) is 22.2. The first-order valence-electron chi connectivity index (χ1n) is 13.0. The number of amides is 1. The third-order valence-corrected chi connectivity index (χ3v) is 7.97. The Morgan fingerprint density at radius 3 is 2.13 bits per heavy atom. The average Bonchev–Trinajstić information content (AvgIpc) is 2.97. The van der Waals surface area contributed by atoms with Gasteiger partial charge in [0.15, 0.2) is 5.16 Å². The molecule has 0 saturated carbocycles. The number of carbonyl (C=O) groups excluding carboxylic acids is 1. The van der Waals surface area contributed by atoms with Crippen LogP contribution < -0.4 is 4.90 Å². The highest BCUT2D eigenvalue weighted by atomic mass is 35.5. The maximum Gasteiger partial charge on any atom is 0.253 e. The molecule has 6 nitrogen and oxygen atoms in total. The molecule has 39 heavy (non-hydrogen) atoms. The van der Waals surface area contributed by atoms with E-state index in [-0.39, 0.29) is 11.9 Å². The number of aromatic nitrogens is 2. The molecule has 8 heteroatoms. The Morgan fingerprint density at radius 2 is 1.51 bits per heavy atom. The summed E-state index contributed by atoms with van der Waals surface area (Å²) in [5.41, 5.74) is 4.31. The topological polar surface area (TPSA) is 52.6 Å². The fourth-order valence-electron chi connectivity index (χ4n) is 4.87. The summed E-state index contributed by atoms with van der Waals surface area (Å²) in [5, 5.41) is 1.03. The van der Waals surface area contributed by atoms with Gasteiger partial charge in [-0.05, 0) is 28.8 Å². The van der Waals surface area contributed by atoms with Gasteiger partial charge in [-0.2, -0.15) is 0 Å². The van der Waals surface area contributed by atoms with Gasteiger partial charge >= 0.3 is 0 Å². The summed E-state index contributed by atoms with van der Waals surface area (Å²) in [7, 11) is 3.84. The van der Waals surface area contributed by atoms with Crippen molar-refractivity contribution in [1.82, 2.24) is 19.8 Å². The largest absolute Gasteiger partial charge is 0.363 e. The summed E-state index contributed by atoms with van der Waals surface area (Å²) >= 11 is 7.69. The second-order valence-corrected chi connectivity index (χ2v) is 11.1. The molecule has 3 aromatic carbocycles. The van der Waals surface area contributed by atoms with Gasteiger partial charge in [0.05, 0.1) is 6.04 Å². The Labute approximate surface area is 239 Å². The molecule has 0 atom stereocenters. The molecule has 1 aromatic heterocycles. The lowest BCUT2D eigenvalue weighted by atomic mass is 9.96. The van der Waals surface area contributed by atoms with E-state index in [1.165, 1.54) is 22.9 Å². The molecule has 0 spiro atoms. The van der Waals surface area contributed by atoms with E-state index in [1.54, 1.807) is 6.07 Å². The van der Waals surface area contributed by atoms with Crippen LogP contribution in [0.15, 0.2) is 96.2 Å². The number of hydrogen-bond acceptors (Lipinski definition) is 6. The minimum Gasteiger partial charge on any atom is -0.363 e. The lowest BCUT2D eigenvalue weighted by Gasteiger charge is -2.39. The van der Waals surface area contributed by atoms with E-state index < -0.39 is 0 Å². The Bertz CT molecular complexity index is 1360. The van der Waals surface area contributed by atoms with Crippen molar-refractivity contribution < 1.29 is 4.79 Å². The highest BCUT2D eigenvalue weighted by Crippen LogP contribution is 2.30. The zero-order chi connectivity index (χ0) is 27.2. The SMILES string of the molecule is CN(C)c1cc(Cl)nc(SCc2cccc(C(=O)N3CCN(C(c4ccccc4)c4ccccc4)CC3)c2)n1. The molecule has 200 valence electrons. The molecule has 5 rings (SSSR count). The smallest absolute Gasteiger partial charge is 0.253 e. The molecule has 1 amide bonds. The number of anilines is 1. The molecule has 0 aliphatic carbocycles. The summed E-state index contributed by atoms with van der Waals surface area (Å²) in [6.45, 7) is 3.02. The first kappa shape index (κ1) is 27.2. The monoisotopic (exact) mass is 557 g/mol. The van der Waals surface area contributed by atoms with Crippen LogP contribution in [0.1, 0.15) is 33.1 Å². The van der Waals surface area contributed by atoms with Gasteiger partial charge in [-0.15, -0.1) is 0 Å². The van der Waals surface area contributed by atoms with Crippen molar-refractivity contribution in [2.45, 2.75) is 17.0 Å². The first-order valence-corrected chi connectivity index (χ1v) is 14.4. The summed E-state index contributed by atoms with van der Waals surface area (Å²) in [6, 6.07) is 31.0. The van der Waals surface area contributed by atoms with Gasteiger partial charge in [-0.25, -0.2) is 9.97 Å². The van der Waals surface area contributed by atoms with Gasteiger partial charge in [-0.1, -0.05) is 96.2 Å². The van der Waals surface area contributed by atoms with Crippen molar-refractivity contribution in [3.63, 3.8) is 0 Å². The molecular weight excluding hydrogens is 526 g/mol. The number of benzene rings is 3. The van der Waals surface area contributed by atoms with E-state index in [0.29, 0.717) is 34.7 Å². The number of rotatable bonds is 8. The van der Waals surface area contributed by atoms with Crippen LogP contribution in [-0.4, -0.2) is 65.9 Å². The summed E-state index contributed by atoms with van der Waals surface area (Å²) in [6.07, 6.45) is 0. The van der Waals surface area contributed by atoms with E-state index in [4.69, 9.17) is 11.6 Å². The second kappa shape index (κ2) is 12.6. The number of thioether (sulfide) groups is 1. The molecule has 1 saturated heterocycles. The predicted octanol–water partition coefficient (Wildman–Crippen LogP) is 6.04. The lowest BCUT2D eigenvalue weighted by molar-refractivity contribution is 0.0597. The van der Waals surface area contributed by atoms with Crippen LogP contribution in [0.2, 0.25) is 5.15 Å². The van der Waals surface area contributed by atoms with Crippen molar-refractivity contribution >= 4 is 35.1 Å². The Hall–Kier alpha value is -3.39. The number of carbonyl (C=O) groups is 1. The number of piperazine rings is 1. The van der Waals surface area contributed by atoms with Crippen LogP contribution in [0.5, 0.6) is 0 Å². The first-order chi connectivity index (χ1) is 19.0. The fraction of sp³-hybridized carbons (Fsp3) is 0.258. The Balaban J connectivity index is 1.24. The van der Waals surface area contributed by atoms with Crippen molar-refractivity contribution in [2.75, 3.05) is 45.2 Å². The molecular formula is C31H32ClN5OS. The van der Waals surface area contributed by atoms with Crippen molar-refractivity contribution in [3.05, 3.63) is 118 Å². The predicted molar refractivity (Wildman–Crippen MR) is 160 cm³/mol. The van der Waals surface area contributed by atoms with Crippen LogP contribution in [0.4, 0.5) is 5.82 Å². The average molecular weight is 558 g/mol. The minimum absolute atomic E-state index is 0.0753. The summed E-state index contributed by atoms with van der Waals surface area (Å²) in [4.78, 5) is 28.7. The molecule has 0 N–H and O–H groups in total. The zero-order valence-corrected chi connectivity index (χ0v) is 23.8. The lowest BCUT2D eigenvalue weighted by Crippen LogP contribution is -2.49. The maximum atomic E-state index is 13.5. The third-order valence-electron chi connectivity index (χ3n) is 6.86. The van der Waals surface area contributed by atoms with E-state index in [2.05, 4.69) is 75.5 Å². The summed E-state index contributed by atoms with van der Waals surface area (Å²) < 4.78 is 0. The molecule has 0 radical (unpaired) electrons. The Morgan fingerprint density at radius 1 is 0.872 bits per heavy atom. The van der Waals surface area contributed by atoms with Gasteiger partial charge in [0.25, 0.3) is 5.91 Å². The summed E-state index contributed by atoms with van der Waals surface area (Å²) in [5.74, 6) is 1.49. The van der Waals surface area contributed by atoms with E-state index >= 15 is 0 Å². The second-order valence-electron chi connectivity index (χ2n) is 9.77. The normalized spacial score (nSPS) is 14.0. The number of halogens is 1. The van der Waals surface area contributed by atoms with Crippen molar-refractivity contribution in [1.29, 1.82) is 0 Å². The number of nitrogens with zero attached hydrogens (tertiary/aromatic N) is 5. The fourth-order valence-corrected chi connectivity index (χ4v) is 5.90. The van der Waals surface area contributed by atoms with Crippen LogP contribution in [0.25, 0.3) is 0 Å². The van der Waals surface area contributed by atoms with Gasteiger partial charge in [0.2, 0.25) is 0 Å². The molecule has 4 aromatic rings. The van der Waals surface area contributed by atoms with Gasteiger partial charge in [0, 0.05) is 57.7 Å². The highest BCUT2D eigenvalue weighted by molar-refractivity contribution is 7.98. The van der Waals surface area contributed by atoms with E-state index in [9.17, 15) is 4.79 Å². The van der Waals surface area contributed by atoms with Gasteiger partial charge in [0.1, 0.15) is 11.0 Å². The van der Waals surface area contributed by atoms with Crippen molar-refractivity contribution in [3.8, 4) is 0 Å². The van der Waals surface area contributed by atoms with E-state index in [0.717, 1.165) is 24.5 Å². The van der Waals surface area contributed by atoms with Gasteiger partial charge in [-0.3, -0.25) is 9.69 Å². The van der Waals surface area contributed by atoms with Crippen LogP contribution in [-0.2, 0) is 5.75 Å². The third kappa shape index (κ3) is 6.79.